The highest BCUT2D eigenvalue weighted by Gasteiger charge is 2.19. The van der Waals surface area contributed by atoms with Crippen molar-refractivity contribution in [2.75, 3.05) is 44.2 Å². The molecule has 0 bridgehead atoms. The number of ether oxygens (including phenoxy) is 1. The van der Waals surface area contributed by atoms with Crippen molar-refractivity contribution in [1.82, 2.24) is 4.90 Å². The Morgan fingerprint density at radius 1 is 1.11 bits per heavy atom. The highest BCUT2D eigenvalue weighted by atomic mass is 16.5. The minimum Gasteiger partial charge on any atom is -0.478 e. The summed E-state index contributed by atoms with van der Waals surface area (Å²) < 4.78 is 5.80. The van der Waals surface area contributed by atoms with Crippen LogP contribution in [-0.4, -0.2) is 55.3 Å². The van der Waals surface area contributed by atoms with Gasteiger partial charge in [-0.25, -0.2) is 4.79 Å². The van der Waals surface area contributed by atoms with E-state index in [-0.39, 0.29) is 0 Å². The molecule has 0 aromatic heterocycles. The Bertz CT molecular complexity index is 797. The molecule has 28 heavy (non-hydrogen) atoms. The average molecular weight is 380 g/mol. The van der Waals surface area contributed by atoms with E-state index in [9.17, 15) is 9.90 Å². The number of benzene rings is 2. The first-order valence-electron chi connectivity index (χ1n) is 9.76. The van der Waals surface area contributed by atoms with Crippen molar-refractivity contribution in [2.24, 2.45) is 0 Å². The Morgan fingerprint density at radius 2 is 1.86 bits per heavy atom. The number of allylic oxidation sites excluding steroid dienone is 1. The molecule has 0 radical (unpaired) electrons. The van der Waals surface area contributed by atoms with E-state index in [2.05, 4.69) is 21.9 Å². The van der Waals surface area contributed by atoms with Gasteiger partial charge in [0.15, 0.2) is 0 Å². The van der Waals surface area contributed by atoms with Crippen molar-refractivity contribution in [2.45, 2.75) is 13.5 Å². The first-order valence-corrected chi connectivity index (χ1v) is 9.76. The number of carbonyl (C=O) groups is 1. The van der Waals surface area contributed by atoms with Crippen LogP contribution in [0.2, 0.25) is 0 Å². The summed E-state index contributed by atoms with van der Waals surface area (Å²) in [6.45, 7) is 8.07. The lowest BCUT2D eigenvalue weighted by Crippen LogP contribution is -2.47. The lowest BCUT2D eigenvalue weighted by molar-refractivity contribution is 0.0697. The first kappa shape index (κ1) is 20.1. The second-order valence-electron chi connectivity index (χ2n) is 6.95. The van der Waals surface area contributed by atoms with Gasteiger partial charge in [0.2, 0.25) is 0 Å². The Morgan fingerprint density at radius 3 is 2.54 bits per heavy atom. The van der Waals surface area contributed by atoms with Gasteiger partial charge in [0.1, 0.15) is 0 Å². The molecule has 148 valence electrons. The summed E-state index contributed by atoms with van der Waals surface area (Å²) in [5.41, 5.74) is 3.59. The number of aromatic carboxylic acids is 1. The predicted molar refractivity (Wildman–Crippen MR) is 113 cm³/mol. The maximum Gasteiger partial charge on any atom is 0.335 e. The van der Waals surface area contributed by atoms with E-state index in [1.165, 1.54) is 5.56 Å². The van der Waals surface area contributed by atoms with E-state index in [0.29, 0.717) is 12.2 Å². The molecule has 1 aliphatic heterocycles. The Labute approximate surface area is 166 Å². The van der Waals surface area contributed by atoms with Gasteiger partial charge in [-0.05, 0) is 36.2 Å². The lowest BCUT2D eigenvalue weighted by atomic mass is 10.1. The molecule has 0 unspecified atom stereocenters. The summed E-state index contributed by atoms with van der Waals surface area (Å²) >= 11 is 0. The zero-order valence-electron chi connectivity index (χ0n) is 16.4. The van der Waals surface area contributed by atoms with Crippen LogP contribution in [0.4, 0.5) is 5.69 Å². The molecule has 1 heterocycles. The minimum absolute atomic E-state index is 0.325. The van der Waals surface area contributed by atoms with E-state index in [1.54, 1.807) is 12.1 Å². The summed E-state index contributed by atoms with van der Waals surface area (Å²) in [6.07, 6.45) is 3.93. The molecule has 1 fully saturated rings. The standard InChI is InChI=1S/C23H28N2O3/c1-2-6-20-17-21(23(26)27)9-10-22(20)25-13-11-24(12-14-25)15-16-28-18-19-7-4-3-5-8-19/h2-10,17H,11-16,18H2,1H3,(H,26,27). The smallest absolute Gasteiger partial charge is 0.335 e. The maximum absolute atomic E-state index is 11.2. The topological polar surface area (TPSA) is 53.0 Å². The second-order valence-corrected chi connectivity index (χ2v) is 6.95. The van der Waals surface area contributed by atoms with Gasteiger partial charge in [-0.15, -0.1) is 0 Å². The second kappa shape index (κ2) is 10.1. The van der Waals surface area contributed by atoms with Crippen molar-refractivity contribution in [3.8, 4) is 0 Å². The third-order valence-corrected chi connectivity index (χ3v) is 5.00. The maximum atomic E-state index is 11.2. The Balaban J connectivity index is 1.49. The molecule has 2 aromatic carbocycles. The summed E-state index contributed by atoms with van der Waals surface area (Å²) in [5.74, 6) is -0.891. The molecule has 0 aliphatic carbocycles. The van der Waals surface area contributed by atoms with Gasteiger partial charge in [-0.2, -0.15) is 0 Å². The van der Waals surface area contributed by atoms with Gasteiger partial charge in [0.05, 0.1) is 18.8 Å². The molecule has 0 saturated carbocycles. The molecule has 2 aromatic rings. The van der Waals surface area contributed by atoms with Gasteiger partial charge in [0, 0.05) is 38.4 Å². The summed E-state index contributed by atoms with van der Waals surface area (Å²) in [4.78, 5) is 16.0. The van der Waals surface area contributed by atoms with Gasteiger partial charge in [-0.1, -0.05) is 42.5 Å². The molecule has 5 heteroatoms. The fourth-order valence-corrected chi connectivity index (χ4v) is 3.46. The number of piperazine rings is 1. The van der Waals surface area contributed by atoms with Crippen LogP contribution in [0.15, 0.2) is 54.6 Å². The number of carboxylic acids is 1. The largest absolute Gasteiger partial charge is 0.478 e. The molecule has 1 N–H and O–H groups in total. The number of carboxylic acid groups (broad SMARTS) is 1. The van der Waals surface area contributed by atoms with Crippen LogP contribution in [-0.2, 0) is 11.3 Å². The number of nitrogens with zero attached hydrogens (tertiary/aromatic N) is 2. The third-order valence-electron chi connectivity index (χ3n) is 5.00. The summed E-state index contributed by atoms with van der Waals surface area (Å²) in [7, 11) is 0. The van der Waals surface area contributed by atoms with Crippen molar-refractivity contribution >= 4 is 17.7 Å². The number of anilines is 1. The Hall–Kier alpha value is -2.63. The van der Waals surface area contributed by atoms with Gasteiger partial charge >= 0.3 is 5.97 Å². The number of hydrogen-bond acceptors (Lipinski definition) is 4. The molecule has 0 spiro atoms. The predicted octanol–water partition coefficient (Wildman–Crippen LogP) is 3.76. The molecule has 0 atom stereocenters. The van der Waals surface area contributed by atoms with Crippen molar-refractivity contribution in [3.63, 3.8) is 0 Å². The zero-order valence-corrected chi connectivity index (χ0v) is 16.4. The van der Waals surface area contributed by atoms with Gasteiger partial charge in [0.25, 0.3) is 0 Å². The highest BCUT2D eigenvalue weighted by molar-refractivity contribution is 5.89. The van der Waals surface area contributed by atoms with Crippen LogP contribution in [0, 0.1) is 0 Å². The molecule has 3 rings (SSSR count). The summed E-state index contributed by atoms with van der Waals surface area (Å²) in [6, 6.07) is 15.6. The average Bonchev–Trinajstić information content (AvgIpc) is 2.73. The highest BCUT2D eigenvalue weighted by Crippen LogP contribution is 2.25. The van der Waals surface area contributed by atoms with E-state index in [1.807, 2.05) is 43.3 Å². The number of hydrogen-bond donors (Lipinski definition) is 1. The van der Waals surface area contributed by atoms with E-state index in [4.69, 9.17) is 4.74 Å². The zero-order chi connectivity index (χ0) is 19.8. The minimum atomic E-state index is -0.891. The first-order chi connectivity index (χ1) is 13.7. The molecular formula is C23H28N2O3. The SMILES string of the molecule is CC=Cc1cc(C(=O)O)ccc1N1CCN(CCOCc2ccccc2)CC1. The molecule has 0 amide bonds. The van der Waals surface area contributed by atoms with Crippen molar-refractivity contribution in [1.29, 1.82) is 0 Å². The monoisotopic (exact) mass is 380 g/mol. The lowest BCUT2D eigenvalue weighted by Gasteiger charge is -2.36. The van der Waals surface area contributed by atoms with Crippen LogP contribution in [0.3, 0.4) is 0 Å². The molecule has 5 nitrogen and oxygen atoms in total. The van der Waals surface area contributed by atoms with Crippen LogP contribution >= 0.6 is 0 Å². The molecule has 1 aliphatic rings. The van der Waals surface area contributed by atoms with E-state index in [0.717, 1.165) is 50.6 Å². The quantitative estimate of drug-likeness (QED) is 0.707. The van der Waals surface area contributed by atoms with Crippen LogP contribution in [0.25, 0.3) is 6.08 Å². The number of rotatable bonds is 8. The fourth-order valence-electron chi connectivity index (χ4n) is 3.46. The van der Waals surface area contributed by atoms with E-state index < -0.39 is 5.97 Å². The van der Waals surface area contributed by atoms with Gasteiger partial charge < -0.3 is 14.7 Å². The van der Waals surface area contributed by atoms with Crippen molar-refractivity contribution < 1.29 is 14.6 Å². The van der Waals surface area contributed by atoms with Crippen LogP contribution in [0.1, 0.15) is 28.4 Å². The van der Waals surface area contributed by atoms with Crippen LogP contribution in [0.5, 0.6) is 0 Å². The van der Waals surface area contributed by atoms with Crippen LogP contribution < -0.4 is 4.90 Å². The normalized spacial score (nSPS) is 15.2. The van der Waals surface area contributed by atoms with E-state index >= 15 is 0 Å². The molecule has 1 saturated heterocycles. The van der Waals surface area contributed by atoms with Crippen molar-refractivity contribution in [3.05, 3.63) is 71.3 Å². The third kappa shape index (κ3) is 5.44. The Kier molecular flexibility index (Phi) is 7.23. The molecular weight excluding hydrogens is 352 g/mol. The summed E-state index contributed by atoms with van der Waals surface area (Å²) in [5, 5.41) is 9.23. The fraction of sp³-hybridized carbons (Fsp3) is 0.348. The van der Waals surface area contributed by atoms with Gasteiger partial charge in [-0.3, -0.25) is 4.90 Å².